The van der Waals surface area contributed by atoms with E-state index in [2.05, 4.69) is 11.4 Å². The van der Waals surface area contributed by atoms with Gasteiger partial charge in [0.1, 0.15) is 11.5 Å². The van der Waals surface area contributed by atoms with Gasteiger partial charge in [-0.1, -0.05) is 12.1 Å². The molecule has 0 amide bonds. The number of rotatable bonds is 4. The Bertz CT molecular complexity index is 530. The third kappa shape index (κ3) is 2.82. The molecule has 19 heavy (non-hydrogen) atoms. The number of furan rings is 1. The van der Waals surface area contributed by atoms with Crippen molar-refractivity contribution < 1.29 is 9.52 Å². The molecule has 3 heteroatoms. The Kier molecular flexibility index (Phi) is 3.56. The third-order valence-corrected chi connectivity index (χ3v) is 3.79. The lowest BCUT2D eigenvalue weighted by Gasteiger charge is -2.22. The normalized spacial score (nSPS) is 18.2. The summed E-state index contributed by atoms with van der Waals surface area (Å²) in [7, 11) is 0. The Morgan fingerprint density at radius 3 is 2.89 bits per heavy atom. The van der Waals surface area contributed by atoms with Crippen LogP contribution in [0, 0.1) is 0 Å². The lowest BCUT2D eigenvalue weighted by molar-refractivity contribution is 0.413. The molecule has 0 fully saturated rings. The van der Waals surface area contributed by atoms with E-state index in [4.69, 9.17) is 4.42 Å². The molecule has 100 valence electrons. The average Bonchev–Trinajstić information content (AvgIpc) is 2.90. The van der Waals surface area contributed by atoms with E-state index in [-0.39, 0.29) is 0 Å². The highest BCUT2D eigenvalue weighted by molar-refractivity contribution is 5.26. The van der Waals surface area contributed by atoms with Crippen LogP contribution >= 0.6 is 0 Å². The standard InChI is InChI=1S/C16H19NO2/c18-13-6-4-12(5-7-13)8-10-17-15-2-1-3-16-14(15)9-11-19-16/h4-7,9,11,15,17-18H,1-3,8,10H2. The monoisotopic (exact) mass is 257 g/mol. The van der Waals surface area contributed by atoms with Gasteiger partial charge in [0.25, 0.3) is 0 Å². The lowest BCUT2D eigenvalue weighted by atomic mass is 9.93. The van der Waals surface area contributed by atoms with Gasteiger partial charge in [-0.15, -0.1) is 0 Å². The molecule has 2 N–H and O–H groups in total. The zero-order valence-electron chi connectivity index (χ0n) is 10.9. The first-order valence-electron chi connectivity index (χ1n) is 6.90. The van der Waals surface area contributed by atoms with Gasteiger partial charge in [0.15, 0.2) is 0 Å². The van der Waals surface area contributed by atoms with Crippen molar-refractivity contribution in [2.75, 3.05) is 6.54 Å². The average molecular weight is 257 g/mol. The fourth-order valence-corrected chi connectivity index (χ4v) is 2.75. The van der Waals surface area contributed by atoms with E-state index >= 15 is 0 Å². The molecule has 1 atom stereocenters. The highest BCUT2D eigenvalue weighted by atomic mass is 16.3. The number of phenolic OH excluding ortho intramolecular Hbond substituents is 1. The SMILES string of the molecule is Oc1ccc(CCNC2CCCc3occc32)cc1. The summed E-state index contributed by atoms with van der Waals surface area (Å²) < 4.78 is 5.50. The van der Waals surface area contributed by atoms with Gasteiger partial charge in [0, 0.05) is 18.0 Å². The number of fused-ring (bicyclic) bond motifs is 1. The molecule has 0 bridgehead atoms. The second kappa shape index (κ2) is 5.49. The molecule has 3 rings (SSSR count). The summed E-state index contributed by atoms with van der Waals surface area (Å²) in [5.74, 6) is 1.47. The van der Waals surface area contributed by atoms with Gasteiger partial charge in [-0.05, 0) is 49.6 Å². The minimum absolute atomic E-state index is 0.326. The van der Waals surface area contributed by atoms with Crippen LogP contribution in [0.4, 0.5) is 0 Å². The summed E-state index contributed by atoms with van der Waals surface area (Å²) in [4.78, 5) is 0. The molecule has 1 aromatic carbocycles. The molecule has 1 heterocycles. The van der Waals surface area contributed by atoms with Gasteiger partial charge >= 0.3 is 0 Å². The smallest absolute Gasteiger partial charge is 0.115 e. The van der Waals surface area contributed by atoms with Gasteiger partial charge in [0.2, 0.25) is 0 Å². The summed E-state index contributed by atoms with van der Waals surface area (Å²) in [6.45, 7) is 0.945. The molecule has 1 unspecified atom stereocenters. The molecule has 0 aliphatic heterocycles. The molecule has 0 saturated carbocycles. The van der Waals surface area contributed by atoms with E-state index in [1.165, 1.54) is 24.0 Å². The molecule has 0 spiro atoms. The van der Waals surface area contributed by atoms with Gasteiger partial charge < -0.3 is 14.8 Å². The number of phenols is 1. The van der Waals surface area contributed by atoms with E-state index < -0.39 is 0 Å². The van der Waals surface area contributed by atoms with Gasteiger partial charge in [-0.2, -0.15) is 0 Å². The number of nitrogens with one attached hydrogen (secondary N) is 1. The molecule has 2 aromatic rings. The molecule has 1 aliphatic rings. The molecular formula is C16H19NO2. The lowest BCUT2D eigenvalue weighted by Crippen LogP contribution is -2.26. The zero-order chi connectivity index (χ0) is 13.1. The van der Waals surface area contributed by atoms with Crippen LogP contribution in [0.5, 0.6) is 5.75 Å². The molecule has 1 aliphatic carbocycles. The van der Waals surface area contributed by atoms with Crippen molar-refractivity contribution in [1.82, 2.24) is 5.32 Å². The number of hydrogen-bond acceptors (Lipinski definition) is 3. The number of aryl methyl sites for hydroxylation is 1. The van der Waals surface area contributed by atoms with Crippen LogP contribution in [0.15, 0.2) is 41.0 Å². The number of aromatic hydroxyl groups is 1. The predicted octanol–water partition coefficient (Wildman–Crippen LogP) is 3.19. The molecule has 3 nitrogen and oxygen atoms in total. The van der Waals surface area contributed by atoms with Gasteiger partial charge in [-0.25, -0.2) is 0 Å². The van der Waals surface area contributed by atoms with E-state index in [9.17, 15) is 5.11 Å². The van der Waals surface area contributed by atoms with Crippen LogP contribution in [-0.2, 0) is 12.8 Å². The molecule has 0 radical (unpaired) electrons. The van der Waals surface area contributed by atoms with Crippen LogP contribution in [0.2, 0.25) is 0 Å². The maximum absolute atomic E-state index is 9.25. The fourth-order valence-electron chi connectivity index (χ4n) is 2.75. The first kappa shape index (κ1) is 12.3. The van der Waals surface area contributed by atoms with Crippen LogP contribution in [-0.4, -0.2) is 11.7 Å². The minimum atomic E-state index is 0.326. The minimum Gasteiger partial charge on any atom is -0.508 e. The Balaban J connectivity index is 1.55. The Morgan fingerprint density at radius 1 is 1.21 bits per heavy atom. The summed E-state index contributed by atoms with van der Waals surface area (Å²) in [5.41, 5.74) is 2.57. The second-order valence-corrected chi connectivity index (χ2v) is 5.11. The Hall–Kier alpha value is -1.74. The molecule has 1 aromatic heterocycles. The first-order valence-corrected chi connectivity index (χ1v) is 6.90. The van der Waals surface area contributed by atoms with Crippen molar-refractivity contribution in [3.8, 4) is 5.75 Å². The third-order valence-electron chi connectivity index (χ3n) is 3.79. The van der Waals surface area contributed by atoms with Crippen molar-refractivity contribution >= 4 is 0 Å². The first-order chi connectivity index (χ1) is 9.33. The van der Waals surface area contributed by atoms with E-state index in [0.29, 0.717) is 11.8 Å². The second-order valence-electron chi connectivity index (χ2n) is 5.11. The van der Waals surface area contributed by atoms with Crippen molar-refractivity contribution in [2.24, 2.45) is 0 Å². The predicted molar refractivity (Wildman–Crippen MR) is 74.2 cm³/mol. The van der Waals surface area contributed by atoms with Crippen LogP contribution in [0.1, 0.15) is 35.8 Å². The summed E-state index contributed by atoms with van der Waals surface area (Å²) in [6, 6.07) is 9.95. The molecular weight excluding hydrogens is 238 g/mol. The van der Waals surface area contributed by atoms with E-state index in [1.807, 2.05) is 12.1 Å². The van der Waals surface area contributed by atoms with Crippen molar-refractivity contribution in [2.45, 2.75) is 31.7 Å². The van der Waals surface area contributed by atoms with Crippen molar-refractivity contribution in [3.63, 3.8) is 0 Å². The number of hydrogen-bond donors (Lipinski definition) is 2. The molecule has 0 saturated heterocycles. The Labute approximate surface area is 113 Å². The maximum atomic E-state index is 9.25. The number of benzene rings is 1. The zero-order valence-corrected chi connectivity index (χ0v) is 10.9. The highest BCUT2D eigenvalue weighted by Crippen LogP contribution is 2.30. The van der Waals surface area contributed by atoms with Crippen LogP contribution < -0.4 is 5.32 Å². The van der Waals surface area contributed by atoms with E-state index in [1.54, 1.807) is 18.4 Å². The van der Waals surface area contributed by atoms with Crippen LogP contribution in [0.25, 0.3) is 0 Å². The van der Waals surface area contributed by atoms with Crippen molar-refractivity contribution in [3.05, 3.63) is 53.5 Å². The maximum Gasteiger partial charge on any atom is 0.115 e. The summed E-state index contributed by atoms with van der Waals surface area (Å²) in [5, 5.41) is 12.8. The van der Waals surface area contributed by atoms with E-state index in [0.717, 1.165) is 25.1 Å². The highest BCUT2D eigenvalue weighted by Gasteiger charge is 2.21. The van der Waals surface area contributed by atoms with Crippen molar-refractivity contribution in [1.29, 1.82) is 0 Å². The van der Waals surface area contributed by atoms with Gasteiger partial charge in [0.05, 0.1) is 6.26 Å². The summed E-state index contributed by atoms with van der Waals surface area (Å²) >= 11 is 0. The largest absolute Gasteiger partial charge is 0.508 e. The quantitative estimate of drug-likeness (QED) is 0.884. The summed E-state index contributed by atoms with van der Waals surface area (Å²) in [6.07, 6.45) is 6.21. The van der Waals surface area contributed by atoms with Gasteiger partial charge in [-0.3, -0.25) is 0 Å². The topological polar surface area (TPSA) is 45.4 Å². The Morgan fingerprint density at radius 2 is 2.05 bits per heavy atom. The van der Waals surface area contributed by atoms with Crippen LogP contribution in [0.3, 0.4) is 0 Å². The fraction of sp³-hybridized carbons (Fsp3) is 0.375.